The van der Waals surface area contributed by atoms with Crippen molar-refractivity contribution in [3.05, 3.63) is 11.3 Å². The fourth-order valence-corrected chi connectivity index (χ4v) is 3.06. The lowest BCUT2D eigenvalue weighted by atomic mass is 10.2. The van der Waals surface area contributed by atoms with Gasteiger partial charge in [-0.1, -0.05) is 6.92 Å². The summed E-state index contributed by atoms with van der Waals surface area (Å²) >= 11 is 1.76. The summed E-state index contributed by atoms with van der Waals surface area (Å²) in [6.07, 6.45) is 0.396. The molecule has 116 valence electrons. The second-order valence-electron chi connectivity index (χ2n) is 4.67. The van der Waals surface area contributed by atoms with Crippen LogP contribution in [0.4, 0.5) is 5.82 Å². The van der Waals surface area contributed by atoms with Crippen LogP contribution in [0.15, 0.2) is 0 Å². The van der Waals surface area contributed by atoms with E-state index in [1.807, 2.05) is 0 Å². The highest BCUT2D eigenvalue weighted by molar-refractivity contribution is 7.98. The van der Waals surface area contributed by atoms with Crippen LogP contribution in [-0.2, 0) is 32.4 Å². The Labute approximate surface area is 127 Å². The molecule has 2 heterocycles. The minimum absolute atomic E-state index is 0.0735. The Kier molecular flexibility index (Phi) is 5.63. The van der Waals surface area contributed by atoms with Gasteiger partial charge < -0.3 is 15.4 Å². The zero-order chi connectivity index (χ0) is 15.2. The number of thioether (sulfide) groups is 1. The zero-order valence-electron chi connectivity index (χ0n) is 12.3. The Morgan fingerprint density at radius 3 is 2.90 bits per heavy atom. The van der Waals surface area contributed by atoms with Gasteiger partial charge in [-0.05, 0) is 0 Å². The Balaban J connectivity index is 2.08. The Hall–Kier alpha value is -1.54. The summed E-state index contributed by atoms with van der Waals surface area (Å²) in [5, 5.41) is 10.0. The molecule has 2 rings (SSSR count). The molecule has 21 heavy (non-hydrogen) atoms. The smallest absolute Gasteiger partial charge is 0.241 e. The molecule has 0 saturated heterocycles. The molecule has 0 spiro atoms. The highest BCUT2D eigenvalue weighted by atomic mass is 32.2. The van der Waals surface area contributed by atoms with Crippen molar-refractivity contribution in [2.24, 2.45) is 0 Å². The number of methoxy groups -OCH3 is 1. The third-order valence-electron chi connectivity index (χ3n) is 3.12. The lowest BCUT2D eigenvalue weighted by Crippen LogP contribution is -2.31. The summed E-state index contributed by atoms with van der Waals surface area (Å²) in [4.78, 5) is 23.5. The van der Waals surface area contributed by atoms with Gasteiger partial charge in [-0.15, -0.1) is 0 Å². The topological polar surface area (TPSA) is 85.2 Å². The molecule has 1 aliphatic rings. The molecule has 0 atom stereocenters. The summed E-state index contributed by atoms with van der Waals surface area (Å²) in [7, 11) is 1.58. The fourth-order valence-electron chi connectivity index (χ4n) is 2.03. The predicted octanol–water partition coefficient (Wildman–Crippen LogP) is 0.741. The maximum Gasteiger partial charge on any atom is 0.241 e. The first-order chi connectivity index (χ1) is 10.2. The summed E-state index contributed by atoms with van der Waals surface area (Å²) in [6, 6.07) is 0. The van der Waals surface area contributed by atoms with E-state index in [1.54, 1.807) is 30.5 Å². The first-order valence-electron chi connectivity index (χ1n) is 6.87. The van der Waals surface area contributed by atoms with Gasteiger partial charge in [0.15, 0.2) is 0 Å². The maximum atomic E-state index is 11.9. The Morgan fingerprint density at radius 2 is 2.19 bits per heavy atom. The molecule has 0 aromatic carbocycles. The van der Waals surface area contributed by atoms with Crippen molar-refractivity contribution in [2.45, 2.75) is 31.4 Å². The molecule has 1 aliphatic heterocycles. The Bertz CT molecular complexity index is 530. The minimum Gasteiger partial charge on any atom is -0.383 e. The normalized spacial score (nSPS) is 13.0. The van der Waals surface area contributed by atoms with Gasteiger partial charge in [-0.2, -0.15) is 16.9 Å². The van der Waals surface area contributed by atoms with E-state index >= 15 is 0 Å². The van der Waals surface area contributed by atoms with Gasteiger partial charge in [0.1, 0.15) is 12.4 Å². The molecular formula is C13H20N4O3S. The lowest BCUT2D eigenvalue weighted by Gasteiger charge is -2.10. The number of amides is 2. The van der Waals surface area contributed by atoms with Crippen LogP contribution in [0.3, 0.4) is 0 Å². The first kappa shape index (κ1) is 15.8. The SMILES string of the molecule is CCC(=O)Nc1c2c(nn1CC(=O)NCCOC)CSC2. The zero-order valence-corrected chi connectivity index (χ0v) is 13.1. The van der Waals surface area contributed by atoms with Crippen molar-refractivity contribution < 1.29 is 14.3 Å². The van der Waals surface area contributed by atoms with Crippen LogP contribution in [0.5, 0.6) is 0 Å². The van der Waals surface area contributed by atoms with E-state index in [2.05, 4.69) is 15.7 Å². The molecule has 0 aliphatic carbocycles. The summed E-state index contributed by atoms with van der Waals surface area (Å²) in [6.45, 7) is 2.82. The van der Waals surface area contributed by atoms with Crippen molar-refractivity contribution >= 4 is 29.4 Å². The van der Waals surface area contributed by atoms with E-state index in [0.717, 1.165) is 22.8 Å². The van der Waals surface area contributed by atoms with Crippen molar-refractivity contribution in [3.63, 3.8) is 0 Å². The molecule has 0 saturated carbocycles. The lowest BCUT2D eigenvalue weighted by molar-refractivity contribution is -0.122. The van der Waals surface area contributed by atoms with E-state index in [1.165, 1.54) is 0 Å². The second kappa shape index (κ2) is 7.46. The number of carbonyl (C=O) groups excluding carboxylic acids is 2. The van der Waals surface area contributed by atoms with Crippen LogP contribution in [0.2, 0.25) is 0 Å². The van der Waals surface area contributed by atoms with Gasteiger partial charge in [0.25, 0.3) is 0 Å². The maximum absolute atomic E-state index is 11.9. The van der Waals surface area contributed by atoms with E-state index < -0.39 is 0 Å². The second-order valence-corrected chi connectivity index (χ2v) is 5.65. The van der Waals surface area contributed by atoms with Crippen LogP contribution < -0.4 is 10.6 Å². The van der Waals surface area contributed by atoms with Crippen LogP contribution in [0, 0.1) is 0 Å². The number of nitrogens with zero attached hydrogens (tertiary/aromatic N) is 2. The molecule has 0 radical (unpaired) electrons. The fraction of sp³-hybridized carbons (Fsp3) is 0.615. The average Bonchev–Trinajstić information content (AvgIpc) is 3.02. The van der Waals surface area contributed by atoms with Crippen molar-refractivity contribution in [1.82, 2.24) is 15.1 Å². The standard InChI is InChI=1S/C13H20N4O3S/c1-3-11(18)15-13-9-7-21-8-10(9)16-17(13)6-12(19)14-4-5-20-2/h3-8H2,1-2H3,(H,14,19)(H,15,18). The number of rotatable bonds is 7. The summed E-state index contributed by atoms with van der Waals surface area (Å²) in [5.41, 5.74) is 1.99. The monoisotopic (exact) mass is 312 g/mol. The molecule has 0 fully saturated rings. The molecule has 2 N–H and O–H groups in total. The summed E-state index contributed by atoms with van der Waals surface area (Å²) < 4.78 is 6.47. The van der Waals surface area contributed by atoms with Gasteiger partial charge in [-0.25, -0.2) is 4.68 Å². The molecular weight excluding hydrogens is 292 g/mol. The molecule has 8 heteroatoms. The number of anilines is 1. The van der Waals surface area contributed by atoms with E-state index in [0.29, 0.717) is 25.4 Å². The van der Waals surface area contributed by atoms with Gasteiger partial charge in [0.2, 0.25) is 11.8 Å². The Morgan fingerprint density at radius 1 is 1.38 bits per heavy atom. The van der Waals surface area contributed by atoms with Crippen molar-refractivity contribution in [1.29, 1.82) is 0 Å². The van der Waals surface area contributed by atoms with Crippen LogP contribution >= 0.6 is 11.8 Å². The third-order valence-corrected chi connectivity index (χ3v) is 4.09. The molecule has 7 nitrogen and oxygen atoms in total. The number of nitrogens with one attached hydrogen (secondary N) is 2. The quantitative estimate of drug-likeness (QED) is 0.725. The number of hydrogen-bond acceptors (Lipinski definition) is 5. The molecule has 0 bridgehead atoms. The van der Waals surface area contributed by atoms with Gasteiger partial charge in [0, 0.05) is 37.1 Å². The van der Waals surface area contributed by atoms with Gasteiger partial charge in [-0.3, -0.25) is 9.59 Å². The van der Waals surface area contributed by atoms with E-state index in [4.69, 9.17) is 4.74 Å². The van der Waals surface area contributed by atoms with Gasteiger partial charge in [0.05, 0.1) is 12.3 Å². The molecule has 1 aromatic heterocycles. The largest absolute Gasteiger partial charge is 0.383 e. The number of ether oxygens (including phenoxy) is 1. The van der Waals surface area contributed by atoms with E-state index in [-0.39, 0.29) is 18.4 Å². The average molecular weight is 312 g/mol. The molecule has 0 unspecified atom stereocenters. The predicted molar refractivity (Wildman–Crippen MR) is 81.0 cm³/mol. The van der Waals surface area contributed by atoms with Crippen LogP contribution in [0.1, 0.15) is 24.6 Å². The number of fused-ring (bicyclic) bond motifs is 1. The molecule has 1 aromatic rings. The van der Waals surface area contributed by atoms with Crippen molar-refractivity contribution in [3.8, 4) is 0 Å². The third kappa shape index (κ3) is 3.98. The first-order valence-corrected chi connectivity index (χ1v) is 8.03. The number of carbonyl (C=O) groups is 2. The minimum atomic E-state index is -0.145. The van der Waals surface area contributed by atoms with Crippen LogP contribution in [0.25, 0.3) is 0 Å². The van der Waals surface area contributed by atoms with E-state index in [9.17, 15) is 9.59 Å². The highest BCUT2D eigenvalue weighted by Gasteiger charge is 2.24. The number of hydrogen-bond donors (Lipinski definition) is 2. The molecule has 2 amide bonds. The van der Waals surface area contributed by atoms with Gasteiger partial charge >= 0.3 is 0 Å². The number of aromatic nitrogens is 2. The van der Waals surface area contributed by atoms with Crippen molar-refractivity contribution in [2.75, 3.05) is 25.6 Å². The summed E-state index contributed by atoms with van der Waals surface area (Å²) in [5.74, 6) is 2.08. The highest BCUT2D eigenvalue weighted by Crippen LogP contribution is 2.34. The van der Waals surface area contributed by atoms with Crippen LogP contribution in [-0.4, -0.2) is 41.9 Å².